The first-order valence-electron chi connectivity index (χ1n) is 9.42. The van der Waals surface area contributed by atoms with Crippen molar-refractivity contribution in [1.29, 1.82) is 0 Å². The first-order valence-corrected chi connectivity index (χ1v) is 9.42. The zero-order valence-electron chi connectivity index (χ0n) is 15.6. The second-order valence-corrected chi connectivity index (χ2v) is 7.29. The molecule has 1 aromatic rings. The van der Waals surface area contributed by atoms with E-state index in [-0.39, 0.29) is 31.1 Å². The molecule has 0 unspecified atom stereocenters. The van der Waals surface area contributed by atoms with Crippen LogP contribution in [0.1, 0.15) is 44.2 Å². The number of aliphatic hydroxyl groups is 1. The Hall–Kier alpha value is -2.08. The molecule has 2 heterocycles. The van der Waals surface area contributed by atoms with Gasteiger partial charge in [-0.25, -0.2) is 4.79 Å². The smallest absolute Gasteiger partial charge is 0.411 e. The van der Waals surface area contributed by atoms with E-state index in [1.807, 2.05) is 30.3 Å². The number of likely N-dealkylation sites (N-methyl/N-ethyl adjacent to an activating group) is 1. The lowest BCUT2D eigenvalue weighted by atomic mass is 9.86. The van der Waals surface area contributed by atoms with Gasteiger partial charge in [0.25, 0.3) is 0 Å². The van der Waals surface area contributed by atoms with Crippen LogP contribution in [0.3, 0.4) is 0 Å². The zero-order chi connectivity index (χ0) is 18.7. The summed E-state index contributed by atoms with van der Waals surface area (Å²) in [6.45, 7) is 2.63. The molecule has 0 aliphatic carbocycles. The molecule has 26 heavy (non-hydrogen) atoms. The molecule has 0 radical (unpaired) electrons. The molecule has 2 aliphatic rings. The number of amides is 2. The average Bonchev–Trinajstić information content (AvgIpc) is 2.93. The summed E-state index contributed by atoms with van der Waals surface area (Å²) in [6, 6.07) is 9.28. The lowest BCUT2D eigenvalue weighted by molar-refractivity contribution is -0.141. The number of hydrogen-bond donors (Lipinski definition) is 1. The third-order valence-electron chi connectivity index (χ3n) is 5.70. The van der Waals surface area contributed by atoms with E-state index in [0.29, 0.717) is 19.4 Å². The molecule has 1 spiro atoms. The Morgan fingerprint density at radius 3 is 2.69 bits per heavy atom. The molecular weight excluding hydrogens is 332 g/mol. The molecule has 0 aromatic heterocycles. The van der Waals surface area contributed by atoms with Crippen molar-refractivity contribution >= 4 is 12.0 Å². The largest absolute Gasteiger partial charge is 0.450 e. The van der Waals surface area contributed by atoms with Crippen molar-refractivity contribution in [3.8, 4) is 0 Å². The number of rotatable bonds is 3. The second kappa shape index (κ2) is 7.66. The molecular formula is C20H28N2O4. The van der Waals surface area contributed by atoms with E-state index in [4.69, 9.17) is 4.74 Å². The van der Waals surface area contributed by atoms with Gasteiger partial charge in [-0.1, -0.05) is 30.3 Å². The summed E-state index contributed by atoms with van der Waals surface area (Å²) in [6.07, 6.45) is 2.38. The fourth-order valence-electron chi connectivity index (χ4n) is 4.58. The summed E-state index contributed by atoms with van der Waals surface area (Å²) in [4.78, 5) is 29.7. The number of likely N-dealkylation sites (tertiary alicyclic amines) is 2. The maximum atomic E-state index is 13.3. The number of aliphatic hydroxyl groups excluding tert-OH is 1. The minimum absolute atomic E-state index is 0.0417. The van der Waals surface area contributed by atoms with Gasteiger partial charge in [0.1, 0.15) is 5.54 Å². The third kappa shape index (κ3) is 3.07. The van der Waals surface area contributed by atoms with Crippen LogP contribution in [-0.2, 0) is 9.53 Å². The van der Waals surface area contributed by atoms with E-state index in [2.05, 4.69) is 0 Å². The van der Waals surface area contributed by atoms with Crippen LogP contribution in [0.5, 0.6) is 0 Å². The van der Waals surface area contributed by atoms with Crippen molar-refractivity contribution in [3.63, 3.8) is 0 Å². The maximum absolute atomic E-state index is 13.3. The predicted octanol–water partition coefficient (Wildman–Crippen LogP) is 2.58. The van der Waals surface area contributed by atoms with Crippen LogP contribution in [0.4, 0.5) is 4.79 Å². The van der Waals surface area contributed by atoms with E-state index in [9.17, 15) is 14.7 Å². The third-order valence-corrected chi connectivity index (χ3v) is 5.70. The second-order valence-electron chi connectivity index (χ2n) is 7.29. The fraction of sp³-hybridized carbons (Fsp3) is 0.600. The summed E-state index contributed by atoms with van der Waals surface area (Å²) >= 11 is 0. The number of carbonyl (C=O) groups is 2. The minimum Gasteiger partial charge on any atom is -0.450 e. The van der Waals surface area contributed by atoms with Gasteiger partial charge in [-0.15, -0.1) is 0 Å². The Bertz CT molecular complexity index is 650. The van der Waals surface area contributed by atoms with Crippen LogP contribution in [-0.4, -0.2) is 59.3 Å². The molecule has 2 amide bonds. The normalized spacial score (nSPS) is 29.1. The first-order chi connectivity index (χ1) is 12.5. The monoisotopic (exact) mass is 360 g/mol. The van der Waals surface area contributed by atoms with Crippen molar-refractivity contribution < 1.29 is 19.4 Å². The molecule has 2 saturated heterocycles. The van der Waals surface area contributed by atoms with E-state index < -0.39 is 11.6 Å². The molecule has 6 heteroatoms. The summed E-state index contributed by atoms with van der Waals surface area (Å²) in [7, 11) is 1.79. The SMILES string of the molecule is CCOC(=O)N1[C@@H](c2ccccc2)[C@@H](CO)C[C@]12CCCCN(C)C2=O. The molecule has 3 atom stereocenters. The quantitative estimate of drug-likeness (QED) is 0.899. The molecule has 2 aliphatic heterocycles. The highest BCUT2D eigenvalue weighted by atomic mass is 16.6. The lowest BCUT2D eigenvalue weighted by Crippen LogP contribution is -2.57. The van der Waals surface area contributed by atoms with Crippen LogP contribution in [0, 0.1) is 5.92 Å². The van der Waals surface area contributed by atoms with Crippen LogP contribution in [0.2, 0.25) is 0 Å². The Balaban J connectivity index is 2.11. The van der Waals surface area contributed by atoms with E-state index in [1.165, 1.54) is 0 Å². The Kier molecular flexibility index (Phi) is 5.51. The summed E-state index contributed by atoms with van der Waals surface area (Å²) in [5.74, 6) is -0.239. The van der Waals surface area contributed by atoms with Gasteiger partial charge in [0.2, 0.25) is 5.91 Å². The van der Waals surface area contributed by atoms with Crippen LogP contribution >= 0.6 is 0 Å². The van der Waals surface area contributed by atoms with Gasteiger partial charge < -0.3 is 14.7 Å². The van der Waals surface area contributed by atoms with E-state index in [0.717, 1.165) is 18.4 Å². The minimum atomic E-state index is -0.939. The molecule has 2 fully saturated rings. The molecule has 142 valence electrons. The number of ether oxygens (including phenoxy) is 1. The van der Waals surface area contributed by atoms with E-state index in [1.54, 1.807) is 23.8 Å². The highest BCUT2D eigenvalue weighted by Crippen LogP contribution is 2.50. The molecule has 6 nitrogen and oxygen atoms in total. The maximum Gasteiger partial charge on any atom is 0.411 e. The van der Waals surface area contributed by atoms with Crippen molar-refractivity contribution in [2.24, 2.45) is 5.92 Å². The van der Waals surface area contributed by atoms with Gasteiger partial charge in [-0.2, -0.15) is 0 Å². The molecule has 1 N–H and O–H groups in total. The Labute approximate surface area is 154 Å². The topological polar surface area (TPSA) is 70.1 Å². The number of hydrogen-bond acceptors (Lipinski definition) is 4. The molecule has 0 saturated carbocycles. The fourth-order valence-corrected chi connectivity index (χ4v) is 4.58. The highest BCUT2D eigenvalue weighted by molar-refractivity contribution is 5.91. The van der Waals surface area contributed by atoms with E-state index >= 15 is 0 Å². The predicted molar refractivity (Wildman–Crippen MR) is 97.5 cm³/mol. The summed E-state index contributed by atoms with van der Waals surface area (Å²) < 4.78 is 5.36. The number of nitrogens with zero attached hydrogens (tertiary/aromatic N) is 2. The summed E-state index contributed by atoms with van der Waals surface area (Å²) in [5, 5.41) is 10.1. The van der Waals surface area contributed by atoms with Crippen molar-refractivity contribution in [2.75, 3.05) is 26.8 Å². The highest BCUT2D eigenvalue weighted by Gasteiger charge is 2.59. The van der Waals surface area contributed by atoms with Gasteiger partial charge in [0.15, 0.2) is 0 Å². The molecule has 0 bridgehead atoms. The van der Waals surface area contributed by atoms with Gasteiger partial charge in [-0.05, 0) is 38.2 Å². The van der Waals surface area contributed by atoms with Crippen molar-refractivity contribution in [3.05, 3.63) is 35.9 Å². The summed E-state index contributed by atoms with van der Waals surface area (Å²) in [5.41, 5.74) is -0.0121. The van der Waals surface area contributed by atoms with Crippen LogP contribution in [0.15, 0.2) is 30.3 Å². The van der Waals surface area contributed by atoms with Gasteiger partial charge in [-0.3, -0.25) is 9.69 Å². The van der Waals surface area contributed by atoms with Gasteiger partial charge in [0.05, 0.1) is 12.6 Å². The number of benzene rings is 1. The van der Waals surface area contributed by atoms with Crippen molar-refractivity contribution in [1.82, 2.24) is 9.80 Å². The Morgan fingerprint density at radius 1 is 1.31 bits per heavy atom. The molecule has 3 rings (SSSR count). The van der Waals surface area contributed by atoms with Crippen LogP contribution < -0.4 is 0 Å². The number of carbonyl (C=O) groups excluding carboxylic acids is 2. The molecule has 1 aromatic carbocycles. The van der Waals surface area contributed by atoms with Gasteiger partial charge in [0, 0.05) is 26.1 Å². The Morgan fingerprint density at radius 2 is 2.04 bits per heavy atom. The van der Waals surface area contributed by atoms with Gasteiger partial charge >= 0.3 is 6.09 Å². The average molecular weight is 360 g/mol. The standard InChI is InChI=1S/C20H28N2O4/c1-3-26-19(25)22-17(15-9-5-4-6-10-15)16(14-23)13-20(22)11-7-8-12-21(2)18(20)24/h4-6,9-10,16-17,23H,3,7-8,11-14H2,1-2H3/t16-,17+,20+/m1/s1. The lowest BCUT2D eigenvalue weighted by Gasteiger charge is -2.40. The van der Waals surface area contributed by atoms with Crippen LogP contribution in [0.25, 0.3) is 0 Å². The zero-order valence-corrected chi connectivity index (χ0v) is 15.6. The van der Waals surface area contributed by atoms with Crippen molar-refractivity contribution in [2.45, 2.75) is 44.2 Å². The first kappa shape index (κ1) is 18.7.